The van der Waals surface area contributed by atoms with Gasteiger partial charge in [0.05, 0.1) is 24.1 Å². The molecule has 2 heterocycles. The monoisotopic (exact) mass is 451 g/mol. The first-order chi connectivity index (χ1) is 14.4. The lowest BCUT2D eigenvalue weighted by Crippen LogP contribution is -2.54. The second kappa shape index (κ2) is 8.90. The molecule has 0 amide bonds. The SMILES string of the molecule is CN(C)CCc1cn(S(=O)(=O)OCC(C)(C)C(=O)OCC2(C)CNC2)c2ccccc12. The molecule has 31 heavy (non-hydrogen) atoms. The molecule has 1 fully saturated rings. The average Bonchev–Trinajstić information content (AvgIpc) is 3.07. The van der Waals surface area contributed by atoms with Crippen LogP contribution in [0.3, 0.4) is 0 Å². The molecule has 0 aliphatic carbocycles. The largest absolute Gasteiger partial charge is 0.465 e. The minimum atomic E-state index is -4.12. The molecule has 9 heteroatoms. The molecule has 0 unspecified atom stereocenters. The number of aromatic nitrogens is 1. The van der Waals surface area contributed by atoms with Crippen LogP contribution in [0, 0.1) is 10.8 Å². The summed E-state index contributed by atoms with van der Waals surface area (Å²) in [5, 5.41) is 4.03. The van der Waals surface area contributed by atoms with Gasteiger partial charge in [-0.15, -0.1) is 0 Å². The van der Waals surface area contributed by atoms with Crippen molar-refractivity contribution in [1.82, 2.24) is 14.2 Å². The summed E-state index contributed by atoms with van der Waals surface area (Å²) in [4.78, 5) is 14.6. The van der Waals surface area contributed by atoms with Crippen LogP contribution in [-0.2, 0) is 30.4 Å². The Balaban J connectivity index is 1.72. The first-order valence-corrected chi connectivity index (χ1v) is 11.8. The van der Waals surface area contributed by atoms with Gasteiger partial charge in [0.2, 0.25) is 0 Å². The van der Waals surface area contributed by atoms with E-state index < -0.39 is 21.7 Å². The first-order valence-electron chi connectivity index (χ1n) is 10.5. The van der Waals surface area contributed by atoms with Gasteiger partial charge in [0.1, 0.15) is 0 Å². The van der Waals surface area contributed by atoms with Crippen LogP contribution in [0.5, 0.6) is 0 Å². The van der Waals surface area contributed by atoms with Gasteiger partial charge in [-0.25, -0.2) is 3.97 Å². The Hall–Kier alpha value is -1.94. The fourth-order valence-corrected chi connectivity index (χ4v) is 4.59. The summed E-state index contributed by atoms with van der Waals surface area (Å²) < 4.78 is 38.0. The van der Waals surface area contributed by atoms with Crippen LogP contribution < -0.4 is 5.32 Å². The number of carbonyl (C=O) groups is 1. The smallest absolute Gasteiger partial charge is 0.366 e. The number of hydrogen-bond acceptors (Lipinski definition) is 7. The van der Waals surface area contributed by atoms with E-state index >= 15 is 0 Å². The van der Waals surface area contributed by atoms with Gasteiger partial charge in [-0.3, -0.25) is 8.98 Å². The van der Waals surface area contributed by atoms with Crippen LogP contribution in [-0.4, -0.2) is 70.2 Å². The molecule has 0 spiro atoms. The van der Waals surface area contributed by atoms with Crippen molar-refractivity contribution in [2.24, 2.45) is 10.8 Å². The van der Waals surface area contributed by atoms with E-state index in [-0.39, 0.29) is 12.0 Å². The zero-order chi connectivity index (χ0) is 22.9. The summed E-state index contributed by atoms with van der Waals surface area (Å²) in [7, 11) is -0.174. The number of hydrogen-bond donors (Lipinski definition) is 1. The first kappa shape index (κ1) is 23.7. The third-order valence-corrected chi connectivity index (χ3v) is 6.81. The molecular formula is C22H33N3O5S. The maximum Gasteiger partial charge on any atom is 0.366 e. The van der Waals surface area contributed by atoms with Gasteiger partial charge in [-0.2, -0.15) is 8.42 Å². The maximum absolute atomic E-state index is 13.0. The van der Waals surface area contributed by atoms with E-state index in [1.54, 1.807) is 32.2 Å². The van der Waals surface area contributed by atoms with Crippen LogP contribution in [0.1, 0.15) is 26.3 Å². The van der Waals surface area contributed by atoms with Gasteiger partial charge in [-0.05, 0) is 46.0 Å². The van der Waals surface area contributed by atoms with Crippen molar-refractivity contribution in [3.63, 3.8) is 0 Å². The van der Waals surface area contributed by atoms with E-state index in [2.05, 4.69) is 5.32 Å². The third-order valence-electron chi connectivity index (χ3n) is 5.61. The number of benzene rings is 1. The summed E-state index contributed by atoms with van der Waals surface area (Å²) in [5.41, 5.74) is 0.322. The number of fused-ring (bicyclic) bond motifs is 1. The lowest BCUT2D eigenvalue weighted by Gasteiger charge is -2.39. The molecule has 1 aliphatic heterocycles. The second-order valence-electron chi connectivity index (χ2n) is 9.61. The van der Waals surface area contributed by atoms with E-state index in [0.29, 0.717) is 18.5 Å². The van der Waals surface area contributed by atoms with Gasteiger partial charge in [-0.1, -0.05) is 25.1 Å². The van der Waals surface area contributed by atoms with Crippen LogP contribution in [0.4, 0.5) is 0 Å². The minimum absolute atomic E-state index is 0.0638. The number of esters is 1. The normalized spacial score (nSPS) is 16.5. The molecular weight excluding hydrogens is 418 g/mol. The van der Waals surface area contributed by atoms with Crippen molar-refractivity contribution < 1.29 is 22.1 Å². The van der Waals surface area contributed by atoms with Crippen LogP contribution >= 0.6 is 0 Å². The summed E-state index contributed by atoms with van der Waals surface area (Å²) in [6.45, 7) is 7.67. The average molecular weight is 452 g/mol. The zero-order valence-electron chi connectivity index (χ0n) is 19.0. The quantitative estimate of drug-likeness (QED) is 0.553. The zero-order valence-corrected chi connectivity index (χ0v) is 19.8. The van der Waals surface area contributed by atoms with Gasteiger partial charge in [0.25, 0.3) is 0 Å². The number of likely N-dealkylation sites (N-methyl/N-ethyl adjacent to an activating group) is 1. The molecule has 8 nitrogen and oxygen atoms in total. The van der Waals surface area contributed by atoms with E-state index in [1.807, 2.05) is 38.1 Å². The molecule has 1 aliphatic rings. The number of ether oxygens (including phenoxy) is 1. The number of rotatable bonds is 10. The number of nitrogens with one attached hydrogen (secondary N) is 1. The topological polar surface area (TPSA) is 89.9 Å². The molecule has 3 rings (SSSR count). The summed E-state index contributed by atoms with van der Waals surface area (Å²) >= 11 is 0. The third kappa shape index (κ3) is 5.46. The predicted octanol–water partition coefficient (Wildman–Crippen LogP) is 2.03. The Bertz CT molecular complexity index is 1040. The van der Waals surface area contributed by atoms with Crippen LogP contribution in [0.15, 0.2) is 30.5 Å². The number of carbonyl (C=O) groups excluding carboxylic acids is 1. The van der Waals surface area contributed by atoms with Crippen molar-refractivity contribution in [3.8, 4) is 0 Å². The number of nitrogens with zero attached hydrogens (tertiary/aromatic N) is 2. The predicted molar refractivity (Wildman–Crippen MR) is 120 cm³/mol. The Morgan fingerprint density at radius 3 is 2.55 bits per heavy atom. The standard InChI is InChI=1S/C22H33N3O5S/c1-21(2,20(26)29-16-22(3)13-23-14-22)15-30-31(27,28)25-12-17(10-11-24(4)5)18-8-6-7-9-19(18)25/h6-9,12,23H,10-11,13-16H2,1-5H3. The Morgan fingerprint density at radius 1 is 1.26 bits per heavy atom. The highest BCUT2D eigenvalue weighted by molar-refractivity contribution is 7.85. The number of para-hydroxylation sites is 1. The van der Waals surface area contributed by atoms with Crippen molar-refractivity contribution >= 4 is 27.2 Å². The highest BCUT2D eigenvalue weighted by Crippen LogP contribution is 2.27. The molecule has 0 atom stereocenters. The van der Waals surface area contributed by atoms with Gasteiger partial charge < -0.3 is 15.0 Å². The molecule has 172 valence electrons. The molecule has 1 aromatic heterocycles. The van der Waals surface area contributed by atoms with Crippen molar-refractivity contribution in [2.75, 3.05) is 46.9 Å². The lowest BCUT2D eigenvalue weighted by molar-refractivity contribution is -0.160. The van der Waals surface area contributed by atoms with Gasteiger partial charge in [0.15, 0.2) is 0 Å². The Kier molecular flexibility index (Phi) is 6.81. The van der Waals surface area contributed by atoms with Gasteiger partial charge in [0, 0.05) is 36.6 Å². The molecule has 0 radical (unpaired) electrons. The van der Waals surface area contributed by atoms with E-state index in [1.165, 1.54) is 0 Å². The van der Waals surface area contributed by atoms with Crippen molar-refractivity contribution in [1.29, 1.82) is 0 Å². The summed E-state index contributed by atoms with van der Waals surface area (Å²) in [6, 6.07) is 7.34. The van der Waals surface area contributed by atoms with Crippen LogP contribution in [0.25, 0.3) is 10.9 Å². The Labute approximate surface area is 184 Å². The molecule has 1 saturated heterocycles. The molecule has 0 bridgehead atoms. The van der Waals surface area contributed by atoms with E-state index in [0.717, 1.165) is 34.6 Å². The van der Waals surface area contributed by atoms with E-state index in [4.69, 9.17) is 8.92 Å². The second-order valence-corrected chi connectivity index (χ2v) is 11.1. The van der Waals surface area contributed by atoms with E-state index in [9.17, 15) is 13.2 Å². The van der Waals surface area contributed by atoms with Crippen molar-refractivity contribution in [2.45, 2.75) is 27.2 Å². The highest BCUT2D eigenvalue weighted by atomic mass is 32.2. The highest BCUT2D eigenvalue weighted by Gasteiger charge is 2.37. The summed E-state index contributed by atoms with van der Waals surface area (Å²) in [6.07, 6.45) is 2.32. The maximum atomic E-state index is 13.0. The van der Waals surface area contributed by atoms with Gasteiger partial charge >= 0.3 is 16.3 Å². The molecule has 0 saturated carbocycles. The molecule has 2 aromatic rings. The summed E-state index contributed by atoms with van der Waals surface area (Å²) in [5.74, 6) is -0.472. The lowest BCUT2D eigenvalue weighted by atomic mass is 9.85. The minimum Gasteiger partial charge on any atom is -0.465 e. The molecule has 1 aromatic carbocycles. The molecule has 1 N–H and O–H groups in total. The van der Waals surface area contributed by atoms with Crippen molar-refractivity contribution in [3.05, 3.63) is 36.0 Å². The van der Waals surface area contributed by atoms with Crippen LogP contribution in [0.2, 0.25) is 0 Å². The fraction of sp³-hybridized carbons (Fsp3) is 0.591. The Morgan fingerprint density at radius 2 is 1.94 bits per heavy atom. The fourth-order valence-electron chi connectivity index (χ4n) is 3.37.